The average molecular weight is 313 g/mol. The van der Waals surface area contributed by atoms with E-state index in [0.717, 1.165) is 11.1 Å². The van der Waals surface area contributed by atoms with E-state index in [4.69, 9.17) is 4.42 Å². The van der Waals surface area contributed by atoms with Crippen molar-refractivity contribution >= 4 is 17.2 Å². The molecule has 0 bridgehead atoms. The molecule has 5 heteroatoms. The lowest BCUT2D eigenvalue weighted by Crippen LogP contribution is -2.28. The summed E-state index contributed by atoms with van der Waals surface area (Å²) in [6, 6.07) is 13.4. The number of hydrogen-bond acceptors (Lipinski definition) is 4. The lowest BCUT2D eigenvalue weighted by Gasteiger charge is -2.12. The molecule has 0 saturated carbocycles. The topological polar surface area (TPSA) is 62.5 Å². The van der Waals surface area contributed by atoms with E-state index >= 15 is 0 Å². The van der Waals surface area contributed by atoms with E-state index in [2.05, 4.69) is 11.4 Å². The molecule has 0 spiro atoms. The molecule has 2 N–H and O–H groups in total. The molecular weight excluding hydrogens is 298 g/mol. The Morgan fingerprint density at radius 3 is 2.68 bits per heavy atom. The minimum absolute atomic E-state index is 0.155. The molecule has 2 aromatic heterocycles. The molecule has 0 radical (unpaired) electrons. The van der Waals surface area contributed by atoms with Crippen molar-refractivity contribution in [2.45, 2.75) is 6.10 Å². The van der Waals surface area contributed by atoms with Crippen molar-refractivity contribution < 1.29 is 14.3 Å². The molecule has 112 valence electrons. The van der Waals surface area contributed by atoms with Gasteiger partial charge in [0.15, 0.2) is 0 Å². The van der Waals surface area contributed by atoms with Gasteiger partial charge in [0.05, 0.1) is 17.9 Å². The molecule has 2 heterocycles. The molecule has 1 aromatic carbocycles. The van der Waals surface area contributed by atoms with Gasteiger partial charge in [-0.25, -0.2) is 0 Å². The van der Waals surface area contributed by atoms with Gasteiger partial charge in [0.2, 0.25) is 0 Å². The molecule has 4 nitrogen and oxygen atoms in total. The van der Waals surface area contributed by atoms with Crippen LogP contribution in [0.5, 0.6) is 0 Å². The predicted molar refractivity (Wildman–Crippen MR) is 85.8 cm³/mol. The molecule has 1 atom stereocenters. The summed E-state index contributed by atoms with van der Waals surface area (Å²) >= 11 is 1.67. The fraction of sp³-hybridized carbons (Fsp3) is 0.118. The second-order valence-corrected chi connectivity index (χ2v) is 5.78. The van der Waals surface area contributed by atoms with Gasteiger partial charge in [-0.05, 0) is 28.6 Å². The van der Waals surface area contributed by atoms with E-state index in [9.17, 15) is 9.90 Å². The summed E-state index contributed by atoms with van der Waals surface area (Å²) in [5, 5.41) is 14.9. The third kappa shape index (κ3) is 3.27. The van der Waals surface area contributed by atoms with Gasteiger partial charge in [-0.2, -0.15) is 0 Å². The zero-order valence-corrected chi connectivity index (χ0v) is 12.5. The number of hydrogen-bond donors (Lipinski definition) is 2. The van der Waals surface area contributed by atoms with E-state index in [0.29, 0.717) is 5.56 Å². The van der Waals surface area contributed by atoms with Crippen molar-refractivity contribution in [3.63, 3.8) is 0 Å². The van der Waals surface area contributed by atoms with Gasteiger partial charge in [-0.3, -0.25) is 4.79 Å². The second-order valence-electron chi connectivity index (χ2n) is 4.84. The quantitative estimate of drug-likeness (QED) is 0.758. The monoisotopic (exact) mass is 313 g/mol. The highest BCUT2D eigenvalue weighted by Crippen LogP contribution is 2.25. The molecule has 0 saturated heterocycles. The van der Waals surface area contributed by atoms with E-state index < -0.39 is 6.10 Å². The number of amides is 1. The van der Waals surface area contributed by atoms with Gasteiger partial charge >= 0.3 is 0 Å². The third-order valence-corrected chi connectivity index (χ3v) is 4.26. The van der Waals surface area contributed by atoms with Crippen molar-refractivity contribution in [1.82, 2.24) is 5.32 Å². The van der Waals surface area contributed by atoms with Crippen LogP contribution >= 0.6 is 11.3 Å². The van der Waals surface area contributed by atoms with Crippen LogP contribution in [0.4, 0.5) is 0 Å². The Bertz CT molecular complexity index is 718. The maximum atomic E-state index is 11.8. The first-order valence-electron chi connectivity index (χ1n) is 6.86. The normalized spacial score (nSPS) is 12.0. The van der Waals surface area contributed by atoms with Crippen LogP contribution in [0.3, 0.4) is 0 Å². The number of aliphatic hydroxyl groups is 1. The summed E-state index contributed by atoms with van der Waals surface area (Å²) < 4.78 is 4.85. The zero-order valence-electron chi connectivity index (χ0n) is 11.7. The Morgan fingerprint density at radius 2 is 2.05 bits per heavy atom. The first kappa shape index (κ1) is 14.6. The first-order valence-corrected chi connectivity index (χ1v) is 7.74. The minimum Gasteiger partial charge on any atom is -0.472 e. The fourth-order valence-corrected chi connectivity index (χ4v) is 2.85. The Balaban J connectivity index is 1.60. The zero-order chi connectivity index (χ0) is 15.4. The third-order valence-electron chi connectivity index (χ3n) is 3.34. The van der Waals surface area contributed by atoms with Gasteiger partial charge in [0.1, 0.15) is 6.26 Å². The van der Waals surface area contributed by atoms with Crippen LogP contribution in [-0.2, 0) is 0 Å². The standard InChI is InChI=1S/C17H15NO3S/c19-15(10-18-17(20)14-7-8-21-11-14)12-3-5-13(6-4-12)16-2-1-9-22-16/h1-9,11,15,19H,10H2,(H,18,20). The molecule has 3 rings (SSSR count). The molecule has 0 fully saturated rings. The summed E-state index contributed by atoms with van der Waals surface area (Å²) in [4.78, 5) is 13.0. The van der Waals surface area contributed by atoms with E-state index in [1.54, 1.807) is 17.4 Å². The molecule has 3 aromatic rings. The molecule has 0 aliphatic heterocycles. The van der Waals surface area contributed by atoms with Crippen LogP contribution in [0.25, 0.3) is 10.4 Å². The summed E-state index contributed by atoms with van der Waals surface area (Å²) in [6.45, 7) is 0.155. The van der Waals surface area contributed by atoms with Crippen molar-refractivity contribution in [3.05, 3.63) is 71.5 Å². The van der Waals surface area contributed by atoms with Gasteiger partial charge in [-0.15, -0.1) is 11.3 Å². The van der Waals surface area contributed by atoms with Gasteiger partial charge in [-0.1, -0.05) is 30.3 Å². The summed E-state index contributed by atoms with van der Waals surface area (Å²) in [5.41, 5.74) is 2.33. The highest BCUT2D eigenvalue weighted by atomic mass is 32.1. The number of benzene rings is 1. The lowest BCUT2D eigenvalue weighted by molar-refractivity contribution is 0.0915. The van der Waals surface area contributed by atoms with Crippen LogP contribution < -0.4 is 5.32 Å². The average Bonchev–Trinajstić information content (AvgIpc) is 3.25. The number of thiophene rings is 1. The Hall–Kier alpha value is -2.37. The van der Waals surface area contributed by atoms with Gasteiger partial charge in [0, 0.05) is 11.4 Å². The van der Waals surface area contributed by atoms with E-state index in [1.165, 1.54) is 17.4 Å². The number of carbonyl (C=O) groups excluding carboxylic acids is 1. The minimum atomic E-state index is -0.742. The number of carbonyl (C=O) groups is 1. The molecule has 0 aliphatic rings. The summed E-state index contributed by atoms with van der Waals surface area (Å²) in [7, 11) is 0. The maximum absolute atomic E-state index is 11.8. The molecule has 22 heavy (non-hydrogen) atoms. The molecule has 1 amide bonds. The SMILES string of the molecule is O=C(NCC(O)c1ccc(-c2cccs2)cc1)c1ccoc1. The molecule has 1 unspecified atom stereocenters. The smallest absolute Gasteiger partial charge is 0.254 e. The Labute approximate surface area is 132 Å². The summed E-state index contributed by atoms with van der Waals surface area (Å²) in [5.74, 6) is -0.261. The second kappa shape index (κ2) is 6.60. The van der Waals surface area contributed by atoms with Crippen molar-refractivity contribution in [2.75, 3.05) is 6.54 Å². The lowest BCUT2D eigenvalue weighted by atomic mass is 10.1. The first-order chi connectivity index (χ1) is 10.7. The Kier molecular flexibility index (Phi) is 4.37. The highest BCUT2D eigenvalue weighted by molar-refractivity contribution is 7.13. The maximum Gasteiger partial charge on any atom is 0.254 e. The van der Waals surface area contributed by atoms with Gasteiger partial charge < -0.3 is 14.8 Å². The van der Waals surface area contributed by atoms with Crippen molar-refractivity contribution in [2.24, 2.45) is 0 Å². The van der Waals surface area contributed by atoms with Crippen molar-refractivity contribution in [1.29, 1.82) is 0 Å². The highest BCUT2D eigenvalue weighted by Gasteiger charge is 2.11. The van der Waals surface area contributed by atoms with Crippen LogP contribution in [0.15, 0.2) is 64.8 Å². The van der Waals surface area contributed by atoms with E-state index in [-0.39, 0.29) is 12.5 Å². The van der Waals surface area contributed by atoms with Crippen LogP contribution in [0, 0.1) is 0 Å². The summed E-state index contributed by atoms with van der Waals surface area (Å²) in [6.07, 6.45) is 2.07. The van der Waals surface area contributed by atoms with Crippen LogP contribution in [-0.4, -0.2) is 17.6 Å². The fourth-order valence-electron chi connectivity index (χ4n) is 2.12. The number of furan rings is 1. The predicted octanol–water partition coefficient (Wildman–Crippen LogP) is 3.47. The van der Waals surface area contributed by atoms with Crippen LogP contribution in [0.1, 0.15) is 22.0 Å². The number of nitrogens with one attached hydrogen (secondary N) is 1. The molecular formula is C17H15NO3S. The van der Waals surface area contributed by atoms with Gasteiger partial charge in [0.25, 0.3) is 5.91 Å². The van der Waals surface area contributed by atoms with Crippen LogP contribution in [0.2, 0.25) is 0 Å². The number of rotatable bonds is 5. The van der Waals surface area contributed by atoms with E-state index in [1.807, 2.05) is 35.7 Å². The molecule has 0 aliphatic carbocycles. The Morgan fingerprint density at radius 1 is 1.23 bits per heavy atom. The largest absolute Gasteiger partial charge is 0.472 e. The van der Waals surface area contributed by atoms with Crippen molar-refractivity contribution in [3.8, 4) is 10.4 Å². The number of aliphatic hydroxyl groups excluding tert-OH is 1.